The Labute approximate surface area is 236 Å². The second kappa shape index (κ2) is 10.1. The van der Waals surface area contributed by atoms with Crippen molar-refractivity contribution in [1.82, 2.24) is 24.6 Å². The van der Waals surface area contributed by atoms with E-state index in [2.05, 4.69) is 25.7 Å². The van der Waals surface area contributed by atoms with E-state index in [-0.39, 0.29) is 30.2 Å². The van der Waals surface area contributed by atoms with Crippen LogP contribution in [-0.2, 0) is 21.7 Å². The Morgan fingerprint density at radius 2 is 1.93 bits per heavy atom. The van der Waals surface area contributed by atoms with Gasteiger partial charge in [0.05, 0.1) is 17.9 Å². The van der Waals surface area contributed by atoms with Gasteiger partial charge in [0.25, 0.3) is 0 Å². The molecule has 0 saturated carbocycles. The van der Waals surface area contributed by atoms with Crippen LogP contribution in [0.5, 0.6) is 0 Å². The Hall–Kier alpha value is -4.58. The van der Waals surface area contributed by atoms with Crippen molar-refractivity contribution in [3.8, 4) is 11.1 Å². The highest BCUT2D eigenvalue weighted by atomic mass is 19.1. The first-order chi connectivity index (χ1) is 19.2. The molecule has 214 valence electrons. The molecule has 1 aliphatic rings. The fourth-order valence-electron chi connectivity index (χ4n) is 4.85. The molecule has 0 fully saturated rings. The van der Waals surface area contributed by atoms with Crippen molar-refractivity contribution in [1.29, 1.82) is 0 Å². The SMILES string of the molecule is Cc1ccncc1-c1cc2cc(Nc3cc4n(n3)CC(=O)N(C)CC4(C)O)ncc2c(NC(=O)OC(C)(C)C)c1F. The van der Waals surface area contributed by atoms with Crippen molar-refractivity contribution < 1.29 is 23.8 Å². The molecule has 1 aliphatic heterocycles. The molecular weight excluding hydrogens is 529 g/mol. The molecule has 4 aromatic rings. The number of nitrogens with one attached hydrogen (secondary N) is 2. The van der Waals surface area contributed by atoms with Gasteiger partial charge in [-0.15, -0.1) is 0 Å². The number of hydrogen-bond donors (Lipinski definition) is 3. The van der Waals surface area contributed by atoms with E-state index in [1.54, 1.807) is 71.4 Å². The summed E-state index contributed by atoms with van der Waals surface area (Å²) in [6.07, 6.45) is 3.84. The molecule has 4 heterocycles. The van der Waals surface area contributed by atoms with Crippen molar-refractivity contribution >= 4 is 40.1 Å². The summed E-state index contributed by atoms with van der Waals surface area (Å²) < 4.78 is 22.8. The molecule has 2 amide bonds. The maximum atomic E-state index is 16.0. The Balaban J connectivity index is 1.57. The Morgan fingerprint density at radius 1 is 1.17 bits per heavy atom. The number of pyridine rings is 2. The Morgan fingerprint density at radius 3 is 2.63 bits per heavy atom. The molecule has 41 heavy (non-hydrogen) atoms. The summed E-state index contributed by atoms with van der Waals surface area (Å²) in [6, 6.07) is 6.82. The van der Waals surface area contributed by atoms with Crippen LogP contribution in [0.4, 0.5) is 26.5 Å². The number of halogens is 1. The van der Waals surface area contributed by atoms with Crippen molar-refractivity contribution in [2.75, 3.05) is 24.2 Å². The molecule has 0 saturated heterocycles. The van der Waals surface area contributed by atoms with Gasteiger partial charge >= 0.3 is 6.09 Å². The van der Waals surface area contributed by atoms with E-state index in [4.69, 9.17) is 4.74 Å². The lowest BCUT2D eigenvalue weighted by Gasteiger charge is -2.25. The number of anilines is 3. The molecule has 0 aliphatic carbocycles. The first kappa shape index (κ1) is 28.0. The van der Waals surface area contributed by atoms with Crippen molar-refractivity contribution in [2.24, 2.45) is 0 Å². The molecule has 3 aromatic heterocycles. The van der Waals surface area contributed by atoms with Gasteiger partial charge in [-0.1, -0.05) is 0 Å². The minimum absolute atomic E-state index is 0.0123. The molecule has 5 rings (SSSR count). The van der Waals surface area contributed by atoms with Crippen LogP contribution in [0.3, 0.4) is 0 Å². The highest BCUT2D eigenvalue weighted by Gasteiger charge is 2.35. The van der Waals surface area contributed by atoms with Gasteiger partial charge in [-0.25, -0.2) is 14.2 Å². The normalized spacial score (nSPS) is 17.3. The summed E-state index contributed by atoms with van der Waals surface area (Å²) in [5, 5.41) is 22.1. The number of likely N-dealkylation sites (N-methyl/N-ethyl adjacent to an activating group) is 1. The zero-order chi connectivity index (χ0) is 29.7. The number of aliphatic hydroxyl groups is 1. The number of aromatic nitrogens is 4. The summed E-state index contributed by atoms with van der Waals surface area (Å²) >= 11 is 0. The van der Waals surface area contributed by atoms with E-state index in [1.165, 1.54) is 15.8 Å². The summed E-state index contributed by atoms with van der Waals surface area (Å²) in [5.41, 5.74) is -0.0444. The summed E-state index contributed by atoms with van der Waals surface area (Å²) in [4.78, 5) is 35.1. The fourth-order valence-corrected chi connectivity index (χ4v) is 4.85. The van der Waals surface area contributed by atoms with Gasteiger partial charge in [-0.05, 0) is 63.8 Å². The molecule has 1 unspecified atom stereocenters. The second-order valence-electron chi connectivity index (χ2n) is 11.4. The maximum absolute atomic E-state index is 16.0. The van der Waals surface area contributed by atoms with Crippen LogP contribution in [0.2, 0.25) is 0 Å². The standard InChI is InChI=1S/C29H32FN7O4/c1-16-7-8-31-12-19(16)18-9-17-10-22(32-13-20(17)26(25(18)30)34-27(39)41-28(2,3)4)33-23-11-21-29(5,40)15-36(6)24(38)14-37(21)35-23/h7-13,40H,14-15H2,1-6H3,(H,34,39)(H,32,33,35). The number of fused-ring (bicyclic) bond motifs is 2. The summed E-state index contributed by atoms with van der Waals surface area (Å²) in [5.74, 6) is -0.0519. The first-order valence-electron chi connectivity index (χ1n) is 13.1. The van der Waals surface area contributed by atoms with Gasteiger partial charge in [0.1, 0.15) is 23.6 Å². The largest absolute Gasteiger partial charge is 0.444 e. The maximum Gasteiger partial charge on any atom is 0.412 e. The van der Waals surface area contributed by atoms with Gasteiger partial charge in [0.2, 0.25) is 5.91 Å². The molecule has 1 aromatic carbocycles. The van der Waals surface area contributed by atoms with Crippen molar-refractivity contribution in [2.45, 2.75) is 52.4 Å². The number of β-amino-alcohol motifs (C(OH)–C–C–N with tert-alkyl or cyclic N) is 1. The third-order valence-electron chi connectivity index (χ3n) is 6.76. The van der Waals surface area contributed by atoms with Crippen LogP contribution in [-0.4, -0.2) is 60.9 Å². The zero-order valence-electron chi connectivity index (χ0n) is 23.7. The molecule has 1 atom stereocenters. The predicted molar refractivity (Wildman–Crippen MR) is 152 cm³/mol. The van der Waals surface area contributed by atoms with E-state index >= 15 is 4.39 Å². The topological polar surface area (TPSA) is 134 Å². The molecule has 12 heteroatoms. The number of rotatable bonds is 4. The minimum atomic E-state index is -1.30. The number of aryl methyl sites for hydroxylation is 1. The lowest BCUT2D eigenvalue weighted by molar-refractivity contribution is -0.132. The third-order valence-corrected chi connectivity index (χ3v) is 6.76. The van der Waals surface area contributed by atoms with Crippen LogP contribution >= 0.6 is 0 Å². The Bertz CT molecular complexity index is 1680. The van der Waals surface area contributed by atoms with Gasteiger partial charge in [-0.3, -0.25) is 19.8 Å². The monoisotopic (exact) mass is 561 g/mol. The van der Waals surface area contributed by atoms with Gasteiger partial charge < -0.3 is 20.1 Å². The van der Waals surface area contributed by atoms with Crippen LogP contribution < -0.4 is 10.6 Å². The number of nitrogens with zero attached hydrogens (tertiary/aromatic N) is 5. The first-order valence-corrected chi connectivity index (χ1v) is 13.1. The molecule has 3 N–H and O–H groups in total. The smallest absolute Gasteiger partial charge is 0.412 e. The van der Waals surface area contributed by atoms with E-state index < -0.39 is 23.1 Å². The van der Waals surface area contributed by atoms with Crippen LogP contribution in [0.15, 0.2) is 42.9 Å². The van der Waals surface area contributed by atoms with Crippen molar-refractivity contribution in [3.63, 3.8) is 0 Å². The quantitative estimate of drug-likeness (QED) is 0.326. The van der Waals surface area contributed by atoms with Crippen LogP contribution in [0.25, 0.3) is 21.9 Å². The second-order valence-corrected chi connectivity index (χ2v) is 11.4. The number of amides is 2. The zero-order valence-corrected chi connectivity index (χ0v) is 23.7. The highest BCUT2D eigenvalue weighted by molar-refractivity contribution is 6.03. The van der Waals surface area contributed by atoms with E-state index in [1.807, 2.05) is 6.92 Å². The summed E-state index contributed by atoms with van der Waals surface area (Å²) in [6.45, 7) is 8.75. The number of benzene rings is 1. The Kier molecular flexibility index (Phi) is 6.90. The lowest BCUT2D eigenvalue weighted by atomic mass is 9.98. The third kappa shape index (κ3) is 5.68. The van der Waals surface area contributed by atoms with Crippen LogP contribution in [0, 0.1) is 12.7 Å². The fraction of sp³-hybridized carbons (Fsp3) is 0.345. The minimum Gasteiger partial charge on any atom is -0.444 e. The lowest BCUT2D eigenvalue weighted by Crippen LogP contribution is -2.37. The van der Waals surface area contributed by atoms with E-state index in [0.717, 1.165) is 5.56 Å². The average molecular weight is 562 g/mol. The van der Waals surface area contributed by atoms with E-state index in [9.17, 15) is 14.7 Å². The molecule has 0 bridgehead atoms. The predicted octanol–water partition coefficient (Wildman–Crippen LogP) is 4.71. The molecular formula is C29H32FN7O4. The number of carbonyl (C=O) groups excluding carboxylic acids is 2. The van der Waals surface area contributed by atoms with Gasteiger partial charge in [0.15, 0.2) is 11.6 Å². The molecule has 0 radical (unpaired) electrons. The average Bonchev–Trinajstić information content (AvgIpc) is 3.24. The number of hydrogen-bond acceptors (Lipinski definition) is 8. The highest BCUT2D eigenvalue weighted by Crippen LogP contribution is 2.37. The van der Waals surface area contributed by atoms with Crippen LogP contribution in [0.1, 0.15) is 39.0 Å². The van der Waals surface area contributed by atoms with Gasteiger partial charge in [0, 0.05) is 48.2 Å². The van der Waals surface area contributed by atoms with E-state index in [0.29, 0.717) is 33.7 Å². The van der Waals surface area contributed by atoms with Crippen molar-refractivity contribution in [3.05, 3.63) is 59.9 Å². The molecule has 0 spiro atoms. The summed E-state index contributed by atoms with van der Waals surface area (Å²) in [7, 11) is 1.64. The molecule has 11 nitrogen and oxygen atoms in total. The number of ether oxygens (including phenoxy) is 1. The number of carbonyl (C=O) groups is 2. The van der Waals surface area contributed by atoms with Gasteiger partial charge in [-0.2, -0.15) is 5.10 Å².